The molecule has 2 amide bonds. The zero-order valence-corrected chi connectivity index (χ0v) is 13.5. The van der Waals surface area contributed by atoms with E-state index in [0.717, 1.165) is 6.42 Å². The Morgan fingerprint density at radius 3 is 2.78 bits per heavy atom. The molecule has 2 N–H and O–H groups in total. The summed E-state index contributed by atoms with van der Waals surface area (Å²) in [7, 11) is 0. The van der Waals surface area contributed by atoms with Crippen LogP contribution in [0.25, 0.3) is 0 Å². The highest BCUT2D eigenvalue weighted by Gasteiger charge is 2.23. The van der Waals surface area contributed by atoms with Crippen molar-refractivity contribution in [2.45, 2.75) is 39.2 Å². The van der Waals surface area contributed by atoms with Crippen LogP contribution >= 0.6 is 0 Å². The Hall–Kier alpha value is -1.95. The molecule has 1 saturated heterocycles. The third-order valence-corrected chi connectivity index (χ3v) is 3.93. The average Bonchev–Trinajstić information content (AvgIpc) is 2.91. The Morgan fingerprint density at radius 2 is 2.17 bits per heavy atom. The molecular formula is C17H23FN2O3. The summed E-state index contributed by atoms with van der Waals surface area (Å²) in [6.45, 7) is 4.55. The molecule has 1 aromatic rings. The lowest BCUT2D eigenvalue weighted by molar-refractivity contribution is -0.117. The van der Waals surface area contributed by atoms with Crippen LogP contribution in [0.15, 0.2) is 18.2 Å². The number of carbonyl (C=O) groups excluding carboxylic acids is 2. The van der Waals surface area contributed by atoms with Gasteiger partial charge in [-0.05, 0) is 43.9 Å². The number of nitrogens with one attached hydrogen (secondary N) is 1. The summed E-state index contributed by atoms with van der Waals surface area (Å²) in [6.07, 6.45) is 1.37. The highest BCUT2D eigenvalue weighted by molar-refractivity contribution is 5.99. The molecular weight excluding hydrogens is 299 g/mol. The molecule has 126 valence electrons. The molecule has 0 aliphatic carbocycles. The van der Waals surface area contributed by atoms with Crippen molar-refractivity contribution in [2.24, 2.45) is 5.92 Å². The predicted octanol–water partition coefficient (Wildman–Crippen LogP) is 2.09. The number of aliphatic hydroxyl groups is 1. The maximum atomic E-state index is 13.9. The fraction of sp³-hybridized carbons (Fsp3) is 0.529. The lowest BCUT2D eigenvalue weighted by atomic mass is 10.0. The van der Waals surface area contributed by atoms with Crippen LogP contribution < -0.4 is 10.2 Å². The number of benzene rings is 1. The summed E-state index contributed by atoms with van der Waals surface area (Å²) in [5, 5.41) is 12.0. The first-order chi connectivity index (χ1) is 10.9. The maximum Gasteiger partial charge on any atom is 0.254 e. The topological polar surface area (TPSA) is 69.6 Å². The normalized spacial score (nSPS) is 17.2. The number of aliphatic hydroxyl groups excluding tert-OH is 1. The van der Waals surface area contributed by atoms with Crippen molar-refractivity contribution >= 4 is 17.5 Å². The molecule has 5 nitrogen and oxygen atoms in total. The van der Waals surface area contributed by atoms with Gasteiger partial charge < -0.3 is 15.3 Å². The number of rotatable bonds is 6. The SMILES string of the molecule is CC(O)CC(C)CNC(=O)c1cc(N2CCCC2=O)ccc1F. The summed E-state index contributed by atoms with van der Waals surface area (Å²) in [5.74, 6) is -1.03. The first kappa shape index (κ1) is 17.4. The standard InChI is InChI=1S/C17H23FN2O3/c1-11(8-12(2)21)10-19-17(23)14-9-13(5-6-15(14)18)20-7-3-4-16(20)22/h5-6,9,11-12,21H,3-4,7-8,10H2,1-2H3,(H,19,23). The van der Waals surface area contributed by atoms with Crippen LogP contribution in [-0.4, -0.2) is 36.1 Å². The molecule has 0 bridgehead atoms. The van der Waals surface area contributed by atoms with Crippen LogP contribution in [0.1, 0.15) is 43.5 Å². The van der Waals surface area contributed by atoms with Crippen molar-refractivity contribution in [3.05, 3.63) is 29.6 Å². The molecule has 1 fully saturated rings. The molecule has 0 saturated carbocycles. The van der Waals surface area contributed by atoms with E-state index < -0.39 is 17.8 Å². The molecule has 0 aromatic heterocycles. The molecule has 1 aliphatic heterocycles. The third kappa shape index (κ3) is 4.51. The number of carbonyl (C=O) groups is 2. The zero-order chi connectivity index (χ0) is 17.0. The lowest BCUT2D eigenvalue weighted by Gasteiger charge is -2.18. The zero-order valence-electron chi connectivity index (χ0n) is 13.5. The van der Waals surface area contributed by atoms with Crippen LogP contribution in [0.2, 0.25) is 0 Å². The van der Waals surface area contributed by atoms with E-state index in [2.05, 4.69) is 5.32 Å². The highest BCUT2D eigenvalue weighted by Crippen LogP contribution is 2.23. The monoisotopic (exact) mass is 322 g/mol. The minimum absolute atomic E-state index is 0.00600. The van der Waals surface area contributed by atoms with Crippen molar-refractivity contribution in [1.82, 2.24) is 5.32 Å². The van der Waals surface area contributed by atoms with E-state index in [1.807, 2.05) is 6.92 Å². The van der Waals surface area contributed by atoms with E-state index >= 15 is 0 Å². The number of hydrogen-bond donors (Lipinski definition) is 2. The van der Waals surface area contributed by atoms with E-state index in [1.54, 1.807) is 11.8 Å². The van der Waals surface area contributed by atoms with Gasteiger partial charge in [0.15, 0.2) is 0 Å². The third-order valence-electron chi connectivity index (χ3n) is 3.93. The van der Waals surface area contributed by atoms with E-state index in [0.29, 0.717) is 31.6 Å². The lowest BCUT2D eigenvalue weighted by Crippen LogP contribution is -2.30. The Morgan fingerprint density at radius 1 is 1.43 bits per heavy atom. The van der Waals surface area contributed by atoms with E-state index in [1.165, 1.54) is 18.2 Å². The molecule has 6 heteroatoms. The predicted molar refractivity (Wildman–Crippen MR) is 85.8 cm³/mol. The molecule has 0 spiro atoms. The van der Waals surface area contributed by atoms with E-state index in [4.69, 9.17) is 0 Å². The second kappa shape index (κ2) is 7.55. The van der Waals surface area contributed by atoms with Gasteiger partial charge in [0.25, 0.3) is 5.91 Å². The van der Waals surface area contributed by atoms with E-state index in [-0.39, 0.29) is 17.4 Å². The average molecular weight is 322 g/mol. The summed E-state index contributed by atoms with van der Waals surface area (Å²) < 4.78 is 13.9. The van der Waals surface area contributed by atoms with Gasteiger partial charge in [-0.2, -0.15) is 0 Å². The first-order valence-corrected chi connectivity index (χ1v) is 7.94. The fourth-order valence-electron chi connectivity index (χ4n) is 2.80. The minimum atomic E-state index is -0.610. The largest absolute Gasteiger partial charge is 0.393 e. The summed E-state index contributed by atoms with van der Waals surface area (Å²) in [6, 6.07) is 4.16. The number of halogens is 1. The minimum Gasteiger partial charge on any atom is -0.393 e. The second-order valence-corrected chi connectivity index (χ2v) is 6.21. The highest BCUT2D eigenvalue weighted by atomic mass is 19.1. The summed E-state index contributed by atoms with van der Waals surface area (Å²) in [5.41, 5.74) is 0.488. The number of nitrogens with zero attached hydrogens (tertiary/aromatic N) is 1. The second-order valence-electron chi connectivity index (χ2n) is 6.21. The molecule has 2 rings (SSSR count). The molecule has 1 heterocycles. The smallest absolute Gasteiger partial charge is 0.254 e. The van der Waals surface area contributed by atoms with Crippen molar-refractivity contribution in [3.8, 4) is 0 Å². The van der Waals surface area contributed by atoms with Crippen molar-refractivity contribution in [3.63, 3.8) is 0 Å². The van der Waals surface area contributed by atoms with Crippen LogP contribution in [0, 0.1) is 11.7 Å². The Bertz CT molecular complexity index is 589. The van der Waals surface area contributed by atoms with Crippen molar-refractivity contribution in [1.29, 1.82) is 0 Å². The first-order valence-electron chi connectivity index (χ1n) is 7.94. The maximum absolute atomic E-state index is 13.9. The number of hydrogen-bond acceptors (Lipinski definition) is 3. The summed E-state index contributed by atoms with van der Waals surface area (Å²) >= 11 is 0. The molecule has 2 atom stereocenters. The molecule has 0 radical (unpaired) electrons. The Labute approximate surface area is 135 Å². The van der Waals surface area contributed by atoms with Gasteiger partial charge in [0, 0.05) is 25.2 Å². The quantitative estimate of drug-likeness (QED) is 0.842. The van der Waals surface area contributed by atoms with Crippen molar-refractivity contribution in [2.75, 3.05) is 18.0 Å². The van der Waals surface area contributed by atoms with E-state index in [9.17, 15) is 19.1 Å². The molecule has 1 aromatic carbocycles. The van der Waals surface area contributed by atoms with Crippen LogP contribution in [0.4, 0.5) is 10.1 Å². The van der Waals surface area contributed by atoms with Gasteiger partial charge in [0.05, 0.1) is 11.7 Å². The summed E-state index contributed by atoms with van der Waals surface area (Å²) in [4.78, 5) is 25.5. The number of amides is 2. The molecule has 2 unspecified atom stereocenters. The molecule has 1 aliphatic rings. The van der Waals surface area contributed by atoms with Crippen molar-refractivity contribution < 1.29 is 19.1 Å². The van der Waals surface area contributed by atoms with Gasteiger partial charge in [-0.25, -0.2) is 4.39 Å². The Balaban J connectivity index is 2.06. The van der Waals surface area contributed by atoms with Gasteiger partial charge >= 0.3 is 0 Å². The van der Waals surface area contributed by atoms with Gasteiger partial charge in [-0.1, -0.05) is 6.92 Å². The molecule has 23 heavy (non-hydrogen) atoms. The number of anilines is 1. The van der Waals surface area contributed by atoms with Gasteiger partial charge in [0.2, 0.25) is 5.91 Å². The van der Waals surface area contributed by atoms with Crippen LogP contribution in [-0.2, 0) is 4.79 Å². The van der Waals surface area contributed by atoms with Gasteiger partial charge in [-0.15, -0.1) is 0 Å². The van der Waals surface area contributed by atoms with Crippen LogP contribution in [0.3, 0.4) is 0 Å². The van der Waals surface area contributed by atoms with Gasteiger partial charge in [0.1, 0.15) is 5.82 Å². The Kier molecular flexibility index (Phi) is 5.71. The van der Waals surface area contributed by atoms with Crippen LogP contribution in [0.5, 0.6) is 0 Å². The van der Waals surface area contributed by atoms with Gasteiger partial charge in [-0.3, -0.25) is 9.59 Å². The fourth-order valence-corrected chi connectivity index (χ4v) is 2.80.